The van der Waals surface area contributed by atoms with Crippen LogP contribution in [0.2, 0.25) is 0 Å². The average molecular weight is 257 g/mol. The number of aliphatic hydroxyl groups excluding tert-OH is 1. The van der Waals surface area contributed by atoms with Gasteiger partial charge >= 0.3 is 5.97 Å². The van der Waals surface area contributed by atoms with Crippen LogP contribution in [-0.4, -0.2) is 47.5 Å². The number of hydrogen-bond donors (Lipinski definition) is 1. The maximum Gasteiger partial charge on any atom is 0.336 e. The summed E-state index contributed by atoms with van der Waals surface area (Å²) in [7, 11) is 1.14. The summed E-state index contributed by atoms with van der Waals surface area (Å²) in [6, 6.07) is 0. The van der Waals surface area contributed by atoms with E-state index in [4.69, 9.17) is 0 Å². The predicted octanol–water partition coefficient (Wildman–Crippen LogP) is -0.0585. The third kappa shape index (κ3) is 2.38. The highest BCUT2D eigenvalue weighted by molar-refractivity contribution is 6.06. The van der Waals surface area contributed by atoms with Gasteiger partial charge < -0.3 is 9.84 Å². The molecule has 0 bridgehead atoms. The van der Waals surface area contributed by atoms with E-state index in [2.05, 4.69) is 4.74 Å². The van der Waals surface area contributed by atoms with E-state index in [1.165, 1.54) is 0 Å². The Bertz CT molecular complexity index is 379. The fourth-order valence-corrected chi connectivity index (χ4v) is 1.93. The van der Waals surface area contributed by atoms with E-state index in [0.29, 0.717) is 0 Å². The molecule has 1 aliphatic rings. The van der Waals surface area contributed by atoms with E-state index in [-0.39, 0.29) is 30.7 Å². The first kappa shape index (κ1) is 14.6. The van der Waals surface area contributed by atoms with E-state index in [9.17, 15) is 19.5 Å². The number of esters is 1. The summed E-state index contributed by atoms with van der Waals surface area (Å²) in [4.78, 5) is 36.0. The molecular weight excluding hydrogens is 238 g/mol. The zero-order valence-electron chi connectivity index (χ0n) is 11.1. The fraction of sp³-hybridized carbons (Fsp3) is 0.750. The molecule has 0 aromatic carbocycles. The molecule has 2 amide bonds. The molecule has 2 atom stereocenters. The lowest BCUT2D eigenvalue weighted by atomic mass is 9.78. The predicted molar refractivity (Wildman–Crippen MR) is 62.3 cm³/mol. The first-order chi connectivity index (χ1) is 8.24. The molecule has 1 N–H and O–H groups in total. The Hall–Kier alpha value is -1.43. The van der Waals surface area contributed by atoms with Crippen LogP contribution in [0, 0.1) is 11.3 Å². The highest BCUT2D eigenvalue weighted by Gasteiger charge is 2.50. The summed E-state index contributed by atoms with van der Waals surface area (Å²) in [5, 5.41) is 9.50. The van der Waals surface area contributed by atoms with Crippen LogP contribution in [0.3, 0.4) is 0 Å². The Morgan fingerprint density at radius 1 is 1.50 bits per heavy atom. The van der Waals surface area contributed by atoms with Gasteiger partial charge in [0.25, 0.3) is 0 Å². The maximum atomic E-state index is 12.2. The number of hydrogen-bond acceptors (Lipinski definition) is 5. The third-order valence-electron chi connectivity index (χ3n) is 3.66. The number of rotatable bonds is 4. The summed E-state index contributed by atoms with van der Waals surface area (Å²) in [5.41, 5.74) is -0.757. The largest absolute Gasteiger partial charge is 0.467 e. The van der Waals surface area contributed by atoms with Gasteiger partial charge in [-0.2, -0.15) is 0 Å². The Kier molecular flexibility index (Phi) is 4.11. The number of β-amino-alcohol motifs (C(OH)–C–C–N with tert-alkyl or cyclic N) is 1. The quantitative estimate of drug-likeness (QED) is 0.563. The molecule has 2 unspecified atom stereocenters. The van der Waals surface area contributed by atoms with E-state index < -0.39 is 17.5 Å². The van der Waals surface area contributed by atoms with Crippen LogP contribution in [0.25, 0.3) is 0 Å². The molecule has 18 heavy (non-hydrogen) atoms. The number of methoxy groups -OCH3 is 1. The number of nitrogens with zero attached hydrogens (tertiary/aromatic N) is 1. The Morgan fingerprint density at radius 2 is 2.06 bits per heavy atom. The van der Waals surface area contributed by atoms with Crippen molar-refractivity contribution in [2.75, 3.05) is 13.7 Å². The second kappa shape index (κ2) is 5.06. The molecule has 1 aliphatic heterocycles. The van der Waals surface area contributed by atoms with E-state index in [0.717, 1.165) is 12.0 Å². The van der Waals surface area contributed by atoms with Gasteiger partial charge in [-0.05, 0) is 12.8 Å². The first-order valence-corrected chi connectivity index (χ1v) is 5.84. The minimum atomic E-state index is -1.49. The fourth-order valence-electron chi connectivity index (χ4n) is 1.93. The SMILES string of the molecule is COC(=O)C(O)CN1C(=O)CC(C)(C(C)C)C1=O. The second-order valence-electron chi connectivity index (χ2n) is 5.10. The van der Waals surface area contributed by atoms with Gasteiger partial charge in [-0.15, -0.1) is 0 Å². The van der Waals surface area contributed by atoms with Gasteiger partial charge in [0, 0.05) is 6.42 Å². The molecule has 0 saturated carbocycles. The van der Waals surface area contributed by atoms with Crippen molar-refractivity contribution in [3.8, 4) is 0 Å². The highest BCUT2D eigenvalue weighted by Crippen LogP contribution is 2.39. The molecule has 6 heteroatoms. The van der Waals surface area contributed by atoms with Gasteiger partial charge in [-0.25, -0.2) is 4.79 Å². The van der Waals surface area contributed by atoms with Crippen molar-refractivity contribution in [1.29, 1.82) is 0 Å². The molecule has 0 radical (unpaired) electrons. The summed E-state index contributed by atoms with van der Waals surface area (Å²) in [6.07, 6.45) is -1.38. The summed E-state index contributed by atoms with van der Waals surface area (Å²) < 4.78 is 4.35. The van der Waals surface area contributed by atoms with Crippen LogP contribution in [0.15, 0.2) is 0 Å². The van der Waals surface area contributed by atoms with Crippen molar-refractivity contribution in [2.24, 2.45) is 11.3 Å². The van der Waals surface area contributed by atoms with Crippen molar-refractivity contribution in [3.05, 3.63) is 0 Å². The molecule has 0 spiro atoms. The Labute approximate surface area is 106 Å². The highest BCUT2D eigenvalue weighted by atomic mass is 16.5. The maximum absolute atomic E-state index is 12.2. The lowest BCUT2D eigenvalue weighted by Gasteiger charge is -2.26. The number of ether oxygens (including phenoxy) is 1. The molecule has 0 aromatic heterocycles. The first-order valence-electron chi connectivity index (χ1n) is 5.84. The number of likely N-dealkylation sites (tertiary alicyclic amines) is 1. The molecule has 6 nitrogen and oxygen atoms in total. The van der Waals surface area contributed by atoms with Gasteiger partial charge in [0.1, 0.15) is 0 Å². The summed E-state index contributed by atoms with van der Waals surface area (Å²) >= 11 is 0. The minimum Gasteiger partial charge on any atom is -0.467 e. The Balaban J connectivity index is 2.83. The van der Waals surface area contributed by atoms with Gasteiger partial charge in [-0.3, -0.25) is 14.5 Å². The van der Waals surface area contributed by atoms with Crippen molar-refractivity contribution >= 4 is 17.8 Å². The second-order valence-corrected chi connectivity index (χ2v) is 5.10. The average Bonchev–Trinajstić information content (AvgIpc) is 2.52. The zero-order valence-corrected chi connectivity index (χ0v) is 11.1. The van der Waals surface area contributed by atoms with Crippen molar-refractivity contribution in [1.82, 2.24) is 4.90 Å². The molecule has 102 valence electrons. The van der Waals surface area contributed by atoms with Gasteiger partial charge in [-0.1, -0.05) is 13.8 Å². The normalized spacial score (nSPS) is 25.8. The van der Waals surface area contributed by atoms with Gasteiger partial charge in [0.05, 0.1) is 19.1 Å². The number of carbonyl (C=O) groups is 3. The van der Waals surface area contributed by atoms with Crippen molar-refractivity contribution in [3.63, 3.8) is 0 Å². The molecular formula is C12H19NO5. The van der Waals surface area contributed by atoms with Crippen LogP contribution < -0.4 is 0 Å². The van der Waals surface area contributed by atoms with Gasteiger partial charge in [0.2, 0.25) is 11.8 Å². The van der Waals surface area contributed by atoms with E-state index in [1.54, 1.807) is 6.92 Å². The lowest BCUT2D eigenvalue weighted by molar-refractivity contribution is -0.154. The molecule has 1 saturated heterocycles. The third-order valence-corrected chi connectivity index (χ3v) is 3.66. The topological polar surface area (TPSA) is 83.9 Å². The van der Waals surface area contributed by atoms with Crippen LogP contribution in [-0.2, 0) is 19.1 Å². The molecule has 0 aliphatic carbocycles. The Morgan fingerprint density at radius 3 is 2.44 bits per heavy atom. The molecule has 1 rings (SSSR count). The standard InChI is InChI=1S/C12H19NO5/c1-7(2)12(3)5-9(15)13(11(12)17)6-8(14)10(16)18-4/h7-8,14H,5-6H2,1-4H3. The van der Waals surface area contributed by atoms with Crippen LogP contribution in [0.4, 0.5) is 0 Å². The summed E-state index contributed by atoms with van der Waals surface area (Å²) in [6.45, 7) is 5.12. The zero-order chi connectivity index (χ0) is 14.1. The number of carbonyl (C=O) groups excluding carboxylic acids is 3. The monoisotopic (exact) mass is 257 g/mol. The molecule has 0 aromatic rings. The van der Waals surface area contributed by atoms with E-state index >= 15 is 0 Å². The summed E-state index contributed by atoms with van der Waals surface area (Å²) in [5.74, 6) is -1.55. The van der Waals surface area contributed by atoms with Crippen LogP contribution in [0.1, 0.15) is 27.2 Å². The smallest absolute Gasteiger partial charge is 0.336 e. The molecule has 1 heterocycles. The number of aliphatic hydroxyl groups is 1. The lowest BCUT2D eigenvalue weighted by Crippen LogP contribution is -2.43. The van der Waals surface area contributed by atoms with Gasteiger partial charge in [0.15, 0.2) is 6.10 Å². The van der Waals surface area contributed by atoms with E-state index in [1.807, 2.05) is 13.8 Å². The van der Waals surface area contributed by atoms with Crippen molar-refractivity contribution < 1.29 is 24.2 Å². The van der Waals surface area contributed by atoms with Crippen LogP contribution in [0.5, 0.6) is 0 Å². The van der Waals surface area contributed by atoms with Crippen LogP contribution >= 0.6 is 0 Å². The molecule has 1 fully saturated rings. The number of amides is 2. The number of imide groups is 1. The minimum absolute atomic E-state index is 0.00854. The van der Waals surface area contributed by atoms with Crippen molar-refractivity contribution in [2.45, 2.75) is 33.3 Å².